The molecule has 10 heavy (non-hydrogen) atoms. The van der Waals surface area contributed by atoms with E-state index in [1.54, 1.807) is 27.5 Å². The maximum atomic E-state index is 10.8. The Labute approximate surface area is 74.5 Å². The largest absolute Gasteiger partial charge is 0.395 e. The summed E-state index contributed by atoms with van der Waals surface area (Å²) in [6.45, 7) is 4.31. The van der Waals surface area contributed by atoms with Crippen molar-refractivity contribution in [3.63, 3.8) is 0 Å². The standard InChI is InChI=1S/C6H12INO2/c1-5(2)8(3-4-9)6(7)10/h5,9H,3-4H2,1-2H3. The van der Waals surface area contributed by atoms with E-state index >= 15 is 0 Å². The van der Waals surface area contributed by atoms with Gasteiger partial charge in [-0.15, -0.1) is 0 Å². The van der Waals surface area contributed by atoms with E-state index in [9.17, 15) is 4.79 Å². The second kappa shape index (κ2) is 4.90. The van der Waals surface area contributed by atoms with Crippen LogP contribution < -0.4 is 0 Å². The van der Waals surface area contributed by atoms with Crippen LogP contribution in [0.2, 0.25) is 0 Å². The van der Waals surface area contributed by atoms with Crippen LogP contribution in [0.1, 0.15) is 13.8 Å². The van der Waals surface area contributed by atoms with E-state index in [0.29, 0.717) is 6.54 Å². The highest BCUT2D eigenvalue weighted by Gasteiger charge is 2.11. The SMILES string of the molecule is CC(C)N(CCO)C(=O)I. The molecule has 0 aliphatic heterocycles. The third kappa shape index (κ3) is 3.36. The van der Waals surface area contributed by atoms with Gasteiger partial charge in [0.05, 0.1) is 6.61 Å². The normalized spacial score (nSPS) is 10.1. The first-order valence-electron chi connectivity index (χ1n) is 3.16. The van der Waals surface area contributed by atoms with Crippen LogP contribution in [0.25, 0.3) is 0 Å². The zero-order valence-corrected chi connectivity index (χ0v) is 8.33. The van der Waals surface area contributed by atoms with Crippen LogP contribution in [0, 0.1) is 0 Å². The summed E-state index contributed by atoms with van der Waals surface area (Å²) in [4.78, 5) is 12.4. The van der Waals surface area contributed by atoms with Gasteiger partial charge in [0.15, 0.2) is 0 Å². The zero-order chi connectivity index (χ0) is 8.15. The molecule has 1 amide bonds. The first kappa shape index (κ1) is 10.2. The van der Waals surface area contributed by atoms with Crippen molar-refractivity contribution >= 4 is 26.5 Å². The Balaban J connectivity index is 3.85. The molecular weight excluding hydrogens is 245 g/mol. The molecule has 3 nitrogen and oxygen atoms in total. The van der Waals surface area contributed by atoms with Crippen LogP contribution in [0.15, 0.2) is 0 Å². The highest BCUT2D eigenvalue weighted by Crippen LogP contribution is 2.03. The smallest absolute Gasteiger partial charge is 0.283 e. The van der Waals surface area contributed by atoms with Gasteiger partial charge in [-0.05, 0) is 13.8 Å². The van der Waals surface area contributed by atoms with Gasteiger partial charge >= 0.3 is 0 Å². The summed E-state index contributed by atoms with van der Waals surface area (Å²) in [5.74, 6) is 0. The minimum atomic E-state index is -0.0124. The van der Waals surface area contributed by atoms with Crippen molar-refractivity contribution in [2.75, 3.05) is 13.2 Å². The van der Waals surface area contributed by atoms with Crippen LogP contribution in [-0.4, -0.2) is 33.1 Å². The van der Waals surface area contributed by atoms with Gasteiger partial charge in [-0.1, -0.05) is 0 Å². The second-order valence-corrected chi connectivity index (χ2v) is 3.19. The average Bonchev–Trinajstić information content (AvgIpc) is 1.81. The molecule has 4 heteroatoms. The van der Waals surface area contributed by atoms with Crippen molar-refractivity contribution in [1.29, 1.82) is 0 Å². The van der Waals surface area contributed by atoms with Gasteiger partial charge in [0.2, 0.25) is 0 Å². The van der Waals surface area contributed by atoms with Gasteiger partial charge < -0.3 is 10.0 Å². The van der Waals surface area contributed by atoms with Gasteiger partial charge in [-0.2, -0.15) is 0 Å². The summed E-state index contributed by atoms with van der Waals surface area (Å²) < 4.78 is -0.0124. The molecule has 0 radical (unpaired) electrons. The lowest BCUT2D eigenvalue weighted by atomic mass is 10.3. The Hall–Kier alpha value is 0.160. The van der Waals surface area contributed by atoms with Crippen molar-refractivity contribution < 1.29 is 9.90 Å². The van der Waals surface area contributed by atoms with Crippen LogP contribution in [0.5, 0.6) is 0 Å². The minimum absolute atomic E-state index is 0.0124. The molecule has 0 atom stereocenters. The van der Waals surface area contributed by atoms with Gasteiger partial charge in [0.25, 0.3) is 3.91 Å². The molecule has 1 N–H and O–H groups in total. The topological polar surface area (TPSA) is 40.5 Å². The quantitative estimate of drug-likeness (QED) is 0.469. The predicted octanol–water partition coefficient (Wildman–Crippen LogP) is 1.24. The average molecular weight is 257 g/mol. The summed E-state index contributed by atoms with van der Waals surface area (Å²) in [6.07, 6.45) is 0. The Morgan fingerprint density at radius 1 is 1.70 bits per heavy atom. The number of hydrogen-bond donors (Lipinski definition) is 1. The minimum Gasteiger partial charge on any atom is -0.395 e. The Morgan fingerprint density at radius 3 is 2.30 bits per heavy atom. The highest BCUT2D eigenvalue weighted by molar-refractivity contribution is 14.1. The number of aliphatic hydroxyl groups excluding tert-OH is 1. The number of carbonyl (C=O) groups excluding carboxylic acids is 1. The fourth-order valence-corrected chi connectivity index (χ4v) is 1.46. The van der Waals surface area contributed by atoms with E-state index in [4.69, 9.17) is 5.11 Å². The Bertz CT molecular complexity index is 116. The number of nitrogens with zero attached hydrogens (tertiary/aromatic N) is 1. The van der Waals surface area contributed by atoms with Crippen molar-refractivity contribution in [3.05, 3.63) is 0 Å². The molecular formula is C6H12INO2. The molecule has 0 fully saturated rings. The predicted molar refractivity (Wildman–Crippen MR) is 48.3 cm³/mol. The van der Waals surface area contributed by atoms with E-state index in [-0.39, 0.29) is 16.6 Å². The van der Waals surface area contributed by atoms with Gasteiger partial charge in [-0.25, -0.2) is 0 Å². The Morgan fingerprint density at radius 2 is 2.20 bits per heavy atom. The number of aliphatic hydroxyl groups is 1. The lowest BCUT2D eigenvalue weighted by molar-refractivity contribution is 0.183. The van der Waals surface area contributed by atoms with Crippen molar-refractivity contribution in [2.45, 2.75) is 19.9 Å². The maximum Gasteiger partial charge on any atom is 0.283 e. The molecule has 0 bridgehead atoms. The first-order chi connectivity index (χ1) is 4.59. The first-order valence-corrected chi connectivity index (χ1v) is 4.24. The molecule has 0 saturated heterocycles. The van der Waals surface area contributed by atoms with Crippen molar-refractivity contribution in [1.82, 2.24) is 4.90 Å². The summed E-state index contributed by atoms with van der Waals surface area (Å²) >= 11 is 1.72. The fraction of sp³-hybridized carbons (Fsp3) is 0.833. The maximum absolute atomic E-state index is 10.8. The van der Waals surface area contributed by atoms with Gasteiger partial charge in [-0.3, -0.25) is 4.79 Å². The molecule has 0 aliphatic rings. The van der Waals surface area contributed by atoms with E-state index in [2.05, 4.69) is 0 Å². The second-order valence-electron chi connectivity index (χ2n) is 2.26. The molecule has 0 unspecified atom stereocenters. The van der Waals surface area contributed by atoms with E-state index in [1.165, 1.54) is 0 Å². The van der Waals surface area contributed by atoms with Crippen LogP contribution in [0.4, 0.5) is 4.79 Å². The summed E-state index contributed by atoms with van der Waals surface area (Å²) in [6, 6.07) is 0.177. The number of hydrogen-bond acceptors (Lipinski definition) is 2. The molecule has 0 aromatic carbocycles. The molecule has 0 aliphatic carbocycles. The fourth-order valence-electron chi connectivity index (χ4n) is 0.657. The van der Waals surface area contributed by atoms with Crippen LogP contribution in [0.3, 0.4) is 0 Å². The number of rotatable bonds is 3. The lowest BCUT2D eigenvalue weighted by Gasteiger charge is -2.22. The lowest BCUT2D eigenvalue weighted by Crippen LogP contribution is -2.35. The number of carbonyl (C=O) groups is 1. The number of amides is 1. The van der Waals surface area contributed by atoms with E-state index in [0.717, 1.165) is 0 Å². The van der Waals surface area contributed by atoms with E-state index < -0.39 is 0 Å². The van der Waals surface area contributed by atoms with Crippen molar-refractivity contribution in [2.24, 2.45) is 0 Å². The molecule has 60 valence electrons. The number of halogens is 1. The monoisotopic (exact) mass is 257 g/mol. The zero-order valence-electron chi connectivity index (χ0n) is 6.17. The van der Waals surface area contributed by atoms with Crippen molar-refractivity contribution in [3.8, 4) is 0 Å². The van der Waals surface area contributed by atoms with Crippen LogP contribution >= 0.6 is 22.6 Å². The molecule has 0 saturated carbocycles. The Kier molecular flexibility index (Phi) is 4.98. The molecule has 0 aromatic rings. The third-order valence-electron chi connectivity index (χ3n) is 1.19. The highest BCUT2D eigenvalue weighted by atomic mass is 127. The molecule has 0 heterocycles. The summed E-state index contributed by atoms with van der Waals surface area (Å²) in [5, 5.41) is 8.54. The molecule has 0 spiro atoms. The van der Waals surface area contributed by atoms with Gasteiger partial charge in [0.1, 0.15) is 0 Å². The summed E-state index contributed by atoms with van der Waals surface area (Å²) in [7, 11) is 0. The summed E-state index contributed by atoms with van der Waals surface area (Å²) in [5.41, 5.74) is 0. The van der Waals surface area contributed by atoms with Crippen LogP contribution in [-0.2, 0) is 0 Å². The van der Waals surface area contributed by atoms with E-state index in [1.807, 2.05) is 13.8 Å². The van der Waals surface area contributed by atoms with Gasteiger partial charge in [0, 0.05) is 35.2 Å². The third-order valence-corrected chi connectivity index (χ3v) is 1.81. The molecule has 0 aromatic heterocycles. The molecule has 0 rings (SSSR count).